The Morgan fingerprint density at radius 3 is 2.47 bits per heavy atom. The Morgan fingerprint density at radius 2 is 1.73 bits per heavy atom. The molecule has 0 unspecified atom stereocenters. The van der Waals surface area contributed by atoms with Crippen molar-refractivity contribution in [2.75, 3.05) is 35.0 Å². The Hall–Kier alpha value is -3.75. The Morgan fingerprint density at radius 1 is 1.00 bits per heavy atom. The van der Waals surface area contributed by atoms with E-state index in [0.29, 0.717) is 40.3 Å². The maximum absolute atomic E-state index is 12.4. The molecule has 0 atom stereocenters. The van der Waals surface area contributed by atoms with Gasteiger partial charge in [0.15, 0.2) is 6.61 Å². The summed E-state index contributed by atoms with van der Waals surface area (Å²) in [7, 11) is 6.33. The number of nitrogens with zero attached hydrogens (tertiary/aromatic N) is 3. The lowest BCUT2D eigenvalue weighted by Crippen LogP contribution is -2.31. The van der Waals surface area contributed by atoms with Crippen molar-refractivity contribution in [2.24, 2.45) is 0 Å². The number of likely N-dealkylation sites (N-methyl/N-ethyl adjacent to an activating group) is 1. The third kappa shape index (κ3) is 4.99. The van der Waals surface area contributed by atoms with Gasteiger partial charge in [0.2, 0.25) is 11.7 Å². The fourth-order valence-corrected chi connectivity index (χ4v) is 2.65. The van der Waals surface area contributed by atoms with Gasteiger partial charge >= 0.3 is 0 Å². The quantitative estimate of drug-likeness (QED) is 0.528. The Kier molecular flexibility index (Phi) is 6.74. The monoisotopic (exact) mass is 413 g/mol. The number of rotatable bonds is 9. The lowest BCUT2D eigenvalue weighted by atomic mass is 10.2. The first kappa shape index (κ1) is 21.0. The summed E-state index contributed by atoms with van der Waals surface area (Å²) >= 11 is 0. The van der Waals surface area contributed by atoms with Gasteiger partial charge in [0.05, 0.1) is 33.4 Å². The van der Waals surface area contributed by atoms with Gasteiger partial charge in [-0.1, -0.05) is 11.2 Å². The summed E-state index contributed by atoms with van der Waals surface area (Å²) in [4.78, 5) is 18.2. The molecule has 2 aromatic carbocycles. The summed E-state index contributed by atoms with van der Waals surface area (Å²) < 4.78 is 26.5. The molecule has 3 rings (SSSR count). The van der Waals surface area contributed by atoms with E-state index in [1.807, 2.05) is 0 Å². The SMILES string of the molecule is COc1cccc(OCC(=O)N(C)Cc2nc(-c3ccc(OC)cc3OC)no2)c1. The molecule has 0 radical (unpaired) electrons. The van der Waals surface area contributed by atoms with Crippen molar-refractivity contribution < 1.29 is 28.3 Å². The van der Waals surface area contributed by atoms with Gasteiger partial charge in [-0.05, 0) is 24.3 Å². The zero-order valence-corrected chi connectivity index (χ0v) is 17.2. The average Bonchev–Trinajstić information content (AvgIpc) is 3.25. The van der Waals surface area contributed by atoms with Crippen LogP contribution in [-0.2, 0) is 11.3 Å². The van der Waals surface area contributed by atoms with Crippen LogP contribution >= 0.6 is 0 Å². The number of aromatic nitrogens is 2. The molecule has 9 nitrogen and oxygen atoms in total. The van der Waals surface area contributed by atoms with Crippen LogP contribution in [0.2, 0.25) is 0 Å². The third-order valence-corrected chi connectivity index (χ3v) is 4.32. The summed E-state index contributed by atoms with van der Waals surface area (Å²) in [5.41, 5.74) is 0.656. The van der Waals surface area contributed by atoms with Gasteiger partial charge < -0.3 is 28.4 Å². The van der Waals surface area contributed by atoms with Gasteiger partial charge in [0.1, 0.15) is 23.0 Å². The second-order valence-corrected chi connectivity index (χ2v) is 6.30. The molecule has 0 aliphatic heterocycles. The fourth-order valence-electron chi connectivity index (χ4n) is 2.65. The summed E-state index contributed by atoms with van der Waals surface area (Å²) in [5, 5.41) is 3.99. The van der Waals surface area contributed by atoms with Crippen LogP contribution in [0.25, 0.3) is 11.4 Å². The van der Waals surface area contributed by atoms with Crippen LogP contribution < -0.4 is 18.9 Å². The van der Waals surface area contributed by atoms with Crippen LogP contribution in [0.3, 0.4) is 0 Å². The molecule has 0 aliphatic rings. The van der Waals surface area contributed by atoms with E-state index in [2.05, 4.69) is 10.1 Å². The first-order valence-corrected chi connectivity index (χ1v) is 9.10. The van der Waals surface area contributed by atoms with Crippen LogP contribution in [0.5, 0.6) is 23.0 Å². The molecule has 0 fully saturated rings. The normalized spacial score (nSPS) is 10.4. The van der Waals surface area contributed by atoms with Crippen LogP contribution in [0.15, 0.2) is 47.0 Å². The van der Waals surface area contributed by atoms with Gasteiger partial charge in [0, 0.05) is 19.2 Å². The van der Waals surface area contributed by atoms with Crippen molar-refractivity contribution in [3.05, 3.63) is 48.4 Å². The average molecular weight is 413 g/mol. The molecule has 1 heterocycles. The van der Waals surface area contributed by atoms with Crippen LogP contribution in [-0.4, -0.2) is 55.9 Å². The molecule has 0 spiro atoms. The molecule has 0 N–H and O–H groups in total. The van der Waals surface area contributed by atoms with Crippen molar-refractivity contribution in [1.29, 1.82) is 0 Å². The van der Waals surface area contributed by atoms with E-state index in [0.717, 1.165) is 0 Å². The van der Waals surface area contributed by atoms with Crippen molar-refractivity contribution in [3.63, 3.8) is 0 Å². The van der Waals surface area contributed by atoms with Crippen molar-refractivity contribution in [3.8, 4) is 34.4 Å². The predicted molar refractivity (Wildman–Crippen MR) is 108 cm³/mol. The van der Waals surface area contributed by atoms with Gasteiger partial charge in [-0.25, -0.2) is 0 Å². The summed E-state index contributed by atoms with van der Waals surface area (Å²) in [6.45, 7) is 0.0166. The maximum Gasteiger partial charge on any atom is 0.260 e. The second kappa shape index (κ2) is 9.64. The summed E-state index contributed by atoms with van der Waals surface area (Å²) in [6, 6.07) is 12.3. The number of hydrogen-bond donors (Lipinski definition) is 0. The lowest BCUT2D eigenvalue weighted by molar-refractivity contribution is -0.132. The molecular formula is C21H23N3O6. The number of amides is 1. The molecule has 1 amide bonds. The van der Waals surface area contributed by atoms with E-state index >= 15 is 0 Å². The molecular weight excluding hydrogens is 390 g/mol. The standard InChI is InChI=1S/C21H23N3O6/c1-24(20(25)13-29-16-7-5-6-14(10-16)26-2)12-19-22-21(23-30-19)17-9-8-15(27-3)11-18(17)28-4/h5-11H,12-13H2,1-4H3. The van der Waals surface area contributed by atoms with Crippen LogP contribution in [0.1, 0.15) is 5.89 Å². The molecule has 9 heteroatoms. The van der Waals surface area contributed by atoms with Crippen molar-refractivity contribution in [1.82, 2.24) is 15.0 Å². The van der Waals surface area contributed by atoms with Crippen molar-refractivity contribution >= 4 is 5.91 Å². The minimum absolute atomic E-state index is 0.128. The number of ether oxygens (including phenoxy) is 4. The maximum atomic E-state index is 12.4. The molecule has 30 heavy (non-hydrogen) atoms. The summed E-state index contributed by atoms with van der Waals surface area (Å²) in [5.74, 6) is 2.82. The van der Waals surface area contributed by atoms with E-state index in [1.165, 1.54) is 4.90 Å². The zero-order chi connectivity index (χ0) is 21.5. The topological polar surface area (TPSA) is 96.2 Å². The van der Waals surface area contributed by atoms with Gasteiger partial charge in [-0.15, -0.1) is 0 Å². The number of benzene rings is 2. The Bertz CT molecular complexity index is 1000. The van der Waals surface area contributed by atoms with Gasteiger partial charge in [-0.3, -0.25) is 4.79 Å². The molecule has 0 bridgehead atoms. The Labute approximate surface area is 174 Å². The first-order chi connectivity index (χ1) is 14.5. The molecule has 0 saturated carbocycles. The van der Waals surface area contributed by atoms with E-state index in [4.69, 9.17) is 23.5 Å². The minimum atomic E-state index is -0.236. The Balaban J connectivity index is 1.61. The fraction of sp³-hybridized carbons (Fsp3) is 0.286. The number of carbonyl (C=O) groups excluding carboxylic acids is 1. The zero-order valence-electron chi connectivity index (χ0n) is 17.2. The largest absolute Gasteiger partial charge is 0.497 e. The van der Waals surface area contributed by atoms with Crippen LogP contribution in [0.4, 0.5) is 0 Å². The van der Waals surface area contributed by atoms with E-state index in [1.54, 1.807) is 70.8 Å². The van der Waals surface area contributed by atoms with Crippen molar-refractivity contribution in [2.45, 2.75) is 6.54 Å². The summed E-state index contributed by atoms with van der Waals surface area (Å²) in [6.07, 6.45) is 0. The highest BCUT2D eigenvalue weighted by Gasteiger charge is 2.17. The third-order valence-electron chi connectivity index (χ3n) is 4.32. The smallest absolute Gasteiger partial charge is 0.260 e. The highest BCUT2D eigenvalue weighted by molar-refractivity contribution is 5.77. The first-order valence-electron chi connectivity index (χ1n) is 9.10. The molecule has 0 saturated heterocycles. The lowest BCUT2D eigenvalue weighted by Gasteiger charge is -2.15. The molecule has 3 aromatic rings. The second-order valence-electron chi connectivity index (χ2n) is 6.30. The van der Waals surface area contributed by atoms with Gasteiger partial charge in [-0.2, -0.15) is 4.98 Å². The van der Waals surface area contributed by atoms with E-state index < -0.39 is 0 Å². The number of methoxy groups -OCH3 is 3. The predicted octanol–water partition coefficient (Wildman–Crippen LogP) is 2.80. The van der Waals surface area contributed by atoms with Gasteiger partial charge in [0.25, 0.3) is 5.91 Å². The minimum Gasteiger partial charge on any atom is -0.497 e. The van der Waals surface area contributed by atoms with E-state index in [9.17, 15) is 4.79 Å². The number of carbonyl (C=O) groups is 1. The molecule has 0 aliphatic carbocycles. The highest BCUT2D eigenvalue weighted by atomic mass is 16.5. The van der Waals surface area contributed by atoms with E-state index in [-0.39, 0.29) is 19.1 Å². The molecule has 1 aromatic heterocycles. The number of hydrogen-bond acceptors (Lipinski definition) is 8. The molecule has 158 valence electrons. The van der Waals surface area contributed by atoms with Crippen LogP contribution in [0, 0.1) is 0 Å². The highest BCUT2D eigenvalue weighted by Crippen LogP contribution is 2.31.